The Hall–Kier alpha value is -3.72. The molecule has 4 rings (SSSR count). The van der Waals surface area contributed by atoms with E-state index in [-0.39, 0.29) is 29.1 Å². The Balaban J connectivity index is 1.78. The van der Waals surface area contributed by atoms with Crippen molar-refractivity contribution in [3.05, 3.63) is 53.2 Å². The lowest BCUT2D eigenvalue weighted by Gasteiger charge is -2.32. The van der Waals surface area contributed by atoms with Crippen LogP contribution in [0.15, 0.2) is 36.4 Å². The molecule has 186 valence electrons. The molecule has 0 unspecified atom stereocenters. The van der Waals surface area contributed by atoms with E-state index >= 15 is 0 Å². The number of aromatic hydroxyl groups is 1. The van der Waals surface area contributed by atoms with Gasteiger partial charge in [0.1, 0.15) is 6.04 Å². The van der Waals surface area contributed by atoms with E-state index in [1.165, 1.54) is 21.3 Å². The lowest BCUT2D eigenvalue weighted by atomic mass is 9.89. The Bertz CT molecular complexity index is 1230. The Labute approximate surface area is 203 Å². The second kappa shape index (κ2) is 9.87. The molecular formula is C26H31N3O6. The highest BCUT2D eigenvalue weighted by molar-refractivity contribution is 5.91. The summed E-state index contributed by atoms with van der Waals surface area (Å²) in [5, 5.41) is 17.7. The van der Waals surface area contributed by atoms with E-state index in [9.17, 15) is 14.7 Å². The van der Waals surface area contributed by atoms with Crippen LogP contribution in [0.4, 0.5) is 0 Å². The third kappa shape index (κ3) is 4.51. The number of aromatic nitrogens is 1. The van der Waals surface area contributed by atoms with Crippen molar-refractivity contribution in [1.29, 1.82) is 0 Å². The number of hydrogen-bond donors (Lipinski definition) is 4. The number of ether oxygens (including phenoxy) is 3. The van der Waals surface area contributed by atoms with Gasteiger partial charge in [-0.05, 0) is 41.7 Å². The number of methoxy groups -OCH3 is 3. The molecule has 2 aromatic carbocycles. The zero-order chi connectivity index (χ0) is 25.3. The van der Waals surface area contributed by atoms with Gasteiger partial charge in [-0.3, -0.25) is 10.1 Å². The molecule has 1 amide bonds. The van der Waals surface area contributed by atoms with Crippen molar-refractivity contribution in [2.45, 2.75) is 38.4 Å². The minimum atomic E-state index is -0.758. The Kier molecular flexibility index (Phi) is 6.88. The summed E-state index contributed by atoms with van der Waals surface area (Å²) in [6.07, 6.45) is 0.431. The number of esters is 1. The minimum absolute atomic E-state index is 0.0985. The zero-order valence-corrected chi connectivity index (χ0v) is 20.5. The first-order chi connectivity index (χ1) is 16.8. The number of phenolic OH excluding ortho intramolecular Hbond substituents is 1. The molecule has 0 radical (unpaired) electrons. The number of H-pyrrole nitrogens is 1. The van der Waals surface area contributed by atoms with Crippen molar-refractivity contribution in [3.8, 4) is 17.2 Å². The fraction of sp³-hybridized carbons (Fsp3) is 0.385. The number of carbonyl (C=O) groups excluding carboxylic acids is 2. The SMILES string of the molecule is COC(=O)[C@H](NC(=O)[C@@H]1Cc2c([nH]c3ccccc23)[C@@H](c2cc(OC)c(O)c(OC)c2)N1)C(C)C. The van der Waals surface area contributed by atoms with Crippen LogP contribution in [0.3, 0.4) is 0 Å². The smallest absolute Gasteiger partial charge is 0.328 e. The normalized spacial score (nSPS) is 18.1. The Morgan fingerprint density at radius 2 is 1.74 bits per heavy atom. The summed E-state index contributed by atoms with van der Waals surface area (Å²) in [6, 6.07) is 9.55. The summed E-state index contributed by atoms with van der Waals surface area (Å²) in [5.41, 5.74) is 3.63. The number of para-hydroxylation sites is 1. The fourth-order valence-electron chi connectivity index (χ4n) is 4.63. The first kappa shape index (κ1) is 24.4. The van der Waals surface area contributed by atoms with Crippen molar-refractivity contribution in [1.82, 2.24) is 15.6 Å². The van der Waals surface area contributed by atoms with Gasteiger partial charge in [-0.2, -0.15) is 0 Å². The zero-order valence-electron chi connectivity index (χ0n) is 20.5. The van der Waals surface area contributed by atoms with Gasteiger partial charge in [-0.1, -0.05) is 32.0 Å². The number of benzene rings is 2. The summed E-state index contributed by atoms with van der Waals surface area (Å²) < 4.78 is 15.6. The van der Waals surface area contributed by atoms with Gasteiger partial charge in [0.25, 0.3) is 0 Å². The molecule has 0 saturated carbocycles. The summed E-state index contributed by atoms with van der Waals surface area (Å²) in [5.74, 6) is -0.500. The van der Waals surface area contributed by atoms with E-state index in [0.29, 0.717) is 6.42 Å². The Morgan fingerprint density at radius 3 is 2.34 bits per heavy atom. The lowest BCUT2D eigenvalue weighted by molar-refractivity contribution is -0.146. The molecule has 9 heteroatoms. The van der Waals surface area contributed by atoms with Gasteiger partial charge in [0.05, 0.1) is 33.4 Å². The quantitative estimate of drug-likeness (QED) is 0.383. The minimum Gasteiger partial charge on any atom is -0.502 e. The number of rotatable bonds is 7. The molecule has 3 atom stereocenters. The van der Waals surface area contributed by atoms with Crippen LogP contribution in [0.1, 0.15) is 36.7 Å². The molecule has 1 aliphatic heterocycles. The average molecular weight is 482 g/mol. The van der Waals surface area contributed by atoms with E-state index in [2.05, 4.69) is 15.6 Å². The van der Waals surface area contributed by atoms with Crippen LogP contribution in [-0.4, -0.2) is 55.4 Å². The van der Waals surface area contributed by atoms with Crippen LogP contribution >= 0.6 is 0 Å². The molecule has 3 aromatic rings. The third-order valence-electron chi connectivity index (χ3n) is 6.48. The fourth-order valence-corrected chi connectivity index (χ4v) is 4.63. The molecule has 0 fully saturated rings. The molecule has 2 heterocycles. The first-order valence-electron chi connectivity index (χ1n) is 11.5. The van der Waals surface area contributed by atoms with Gasteiger partial charge in [-0.25, -0.2) is 4.79 Å². The summed E-state index contributed by atoms with van der Waals surface area (Å²) in [6.45, 7) is 3.71. The van der Waals surface area contributed by atoms with Crippen molar-refractivity contribution in [2.75, 3.05) is 21.3 Å². The predicted molar refractivity (Wildman–Crippen MR) is 131 cm³/mol. The predicted octanol–water partition coefficient (Wildman–Crippen LogP) is 2.81. The second-order valence-electron chi connectivity index (χ2n) is 8.95. The van der Waals surface area contributed by atoms with E-state index in [4.69, 9.17) is 14.2 Å². The van der Waals surface area contributed by atoms with Gasteiger partial charge in [0, 0.05) is 16.6 Å². The summed E-state index contributed by atoms with van der Waals surface area (Å²) in [7, 11) is 4.24. The first-order valence-corrected chi connectivity index (χ1v) is 11.5. The molecule has 1 aliphatic rings. The standard InChI is InChI=1S/C26H31N3O6/c1-13(2)21(26(32)35-5)29-25(31)18-12-16-15-8-6-7-9-17(15)27-23(16)22(28-18)14-10-19(33-3)24(30)20(11-14)34-4/h6-11,13,18,21-22,27-28,30H,12H2,1-5H3,(H,29,31)/t18-,21+,22+/m0/s1. The van der Waals surface area contributed by atoms with E-state index in [1.54, 1.807) is 12.1 Å². The Morgan fingerprint density at radius 1 is 1.09 bits per heavy atom. The second-order valence-corrected chi connectivity index (χ2v) is 8.95. The molecule has 0 bridgehead atoms. The van der Waals surface area contributed by atoms with Crippen LogP contribution in [-0.2, 0) is 20.7 Å². The largest absolute Gasteiger partial charge is 0.502 e. The van der Waals surface area contributed by atoms with E-state index in [0.717, 1.165) is 27.7 Å². The van der Waals surface area contributed by atoms with Crippen molar-refractivity contribution < 1.29 is 28.9 Å². The number of aromatic amines is 1. The molecule has 0 aliphatic carbocycles. The van der Waals surface area contributed by atoms with E-state index < -0.39 is 24.1 Å². The van der Waals surface area contributed by atoms with Crippen molar-refractivity contribution >= 4 is 22.8 Å². The molecule has 9 nitrogen and oxygen atoms in total. The highest BCUT2D eigenvalue weighted by atomic mass is 16.5. The maximum Gasteiger partial charge on any atom is 0.328 e. The maximum absolute atomic E-state index is 13.4. The monoisotopic (exact) mass is 481 g/mol. The number of carbonyl (C=O) groups is 2. The van der Waals surface area contributed by atoms with Crippen LogP contribution in [0.25, 0.3) is 10.9 Å². The summed E-state index contributed by atoms with van der Waals surface area (Å²) in [4.78, 5) is 29.1. The molecule has 4 N–H and O–H groups in total. The average Bonchev–Trinajstić information content (AvgIpc) is 3.24. The van der Waals surface area contributed by atoms with Crippen molar-refractivity contribution in [3.63, 3.8) is 0 Å². The molecule has 35 heavy (non-hydrogen) atoms. The highest BCUT2D eigenvalue weighted by Crippen LogP contribution is 2.42. The number of fused-ring (bicyclic) bond motifs is 3. The van der Waals surface area contributed by atoms with Gasteiger partial charge in [0.15, 0.2) is 11.5 Å². The van der Waals surface area contributed by atoms with Gasteiger partial charge < -0.3 is 29.6 Å². The van der Waals surface area contributed by atoms with Gasteiger partial charge >= 0.3 is 5.97 Å². The van der Waals surface area contributed by atoms with Gasteiger partial charge in [0.2, 0.25) is 11.7 Å². The highest BCUT2D eigenvalue weighted by Gasteiger charge is 2.36. The van der Waals surface area contributed by atoms with Crippen LogP contribution in [0.5, 0.6) is 17.2 Å². The van der Waals surface area contributed by atoms with Crippen molar-refractivity contribution in [2.24, 2.45) is 5.92 Å². The number of amides is 1. The summed E-state index contributed by atoms with van der Waals surface area (Å²) >= 11 is 0. The molecular weight excluding hydrogens is 450 g/mol. The molecule has 1 aromatic heterocycles. The third-order valence-corrected chi connectivity index (χ3v) is 6.48. The number of hydrogen-bond acceptors (Lipinski definition) is 7. The van der Waals surface area contributed by atoms with Crippen LogP contribution in [0, 0.1) is 5.92 Å². The molecule has 0 saturated heterocycles. The number of nitrogens with one attached hydrogen (secondary N) is 3. The van der Waals surface area contributed by atoms with Crippen LogP contribution < -0.4 is 20.1 Å². The lowest BCUT2D eigenvalue weighted by Crippen LogP contribution is -2.55. The number of phenols is 1. The molecule has 0 spiro atoms. The topological polar surface area (TPSA) is 122 Å². The van der Waals surface area contributed by atoms with E-state index in [1.807, 2.05) is 38.1 Å². The van der Waals surface area contributed by atoms with Crippen LogP contribution in [0.2, 0.25) is 0 Å². The maximum atomic E-state index is 13.4. The van der Waals surface area contributed by atoms with Gasteiger partial charge in [-0.15, -0.1) is 0 Å².